The highest BCUT2D eigenvalue weighted by Gasteiger charge is 2.45. The normalized spacial score (nSPS) is 22.3. The van der Waals surface area contributed by atoms with Crippen LogP contribution in [0.1, 0.15) is 51.7 Å². The Morgan fingerprint density at radius 2 is 1.75 bits per heavy atom. The van der Waals surface area contributed by atoms with Gasteiger partial charge in [0.2, 0.25) is 0 Å². The molecule has 0 aliphatic carbocycles. The molecule has 1 aromatic rings. The van der Waals surface area contributed by atoms with Crippen molar-refractivity contribution in [2.75, 3.05) is 13.2 Å². The van der Waals surface area contributed by atoms with Crippen molar-refractivity contribution in [3.05, 3.63) is 29.3 Å². The number of aryl methyl sites for hydroxylation is 2. The summed E-state index contributed by atoms with van der Waals surface area (Å²) in [4.78, 5) is 2.31. The third kappa shape index (κ3) is 4.50. The fraction of sp³-hybridized carbons (Fsp3) is 0.700. The molecule has 0 amide bonds. The lowest BCUT2D eigenvalue weighted by Gasteiger charge is -2.54. The van der Waals surface area contributed by atoms with Crippen LogP contribution >= 0.6 is 0 Å². The largest absolute Gasteiger partial charge is 0.491 e. The van der Waals surface area contributed by atoms with Crippen LogP contribution in [0, 0.1) is 13.8 Å². The van der Waals surface area contributed by atoms with Crippen molar-refractivity contribution in [1.82, 2.24) is 4.90 Å². The average molecular weight is 335 g/mol. The second-order valence-corrected chi connectivity index (χ2v) is 8.53. The molecule has 1 fully saturated rings. The first-order valence-corrected chi connectivity index (χ1v) is 8.85. The highest BCUT2D eigenvalue weighted by atomic mass is 16.5. The summed E-state index contributed by atoms with van der Waals surface area (Å²) in [6.07, 6.45) is 0.594. The topological polar surface area (TPSA) is 52.9 Å². The second-order valence-electron chi connectivity index (χ2n) is 8.53. The van der Waals surface area contributed by atoms with Crippen molar-refractivity contribution in [2.24, 2.45) is 0 Å². The molecule has 0 saturated carbocycles. The number of nitrogens with zero attached hydrogens (tertiary/aromatic N) is 1. The minimum atomic E-state index is -0.570. The molecule has 1 unspecified atom stereocenters. The summed E-state index contributed by atoms with van der Waals surface area (Å²) in [5.74, 6) is 0.826. The molecule has 1 heterocycles. The smallest absolute Gasteiger partial charge is 0.122 e. The SMILES string of the molecule is Cc1ccc(OCC(O)CN2C(C)(C)CC(O)CC2(C)C)c(C)c1. The summed E-state index contributed by atoms with van der Waals surface area (Å²) < 4.78 is 5.83. The number of aliphatic hydroxyl groups is 2. The summed E-state index contributed by atoms with van der Waals surface area (Å²) in [7, 11) is 0. The second kappa shape index (κ2) is 7.03. The van der Waals surface area contributed by atoms with Gasteiger partial charge in [0.05, 0.1) is 6.10 Å². The number of likely N-dealkylation sites (tertiary alicyclic amines) is 1. The fourth-order valence-electron chi connectivity index (χ4n) is 4.17. The lowest BCUT2D eigenvalue weighted by Crippen LogP contribution is -2.63. The van der Waals surface area contributed by atoms with E-state index < -0.39 is 6.10 Å². The van der Waals surface area contributed by atoms with Crippen LogP contribution in [0.4, 0.5) is 0 Å². The van der Waals surface area contributed by atoms with Crippen molar-refractivity contribution < 1.29 is 14.9 Å². The maximum Gasteiger partial charge on any atom is 0.122 e. The van der Waals surface area contributed by atoms with Gasteiger partial charge in [-0.15, -0.1) is 0 Å². The van der Waals surface area contributed by atoms with Crippen LogP contribution in [0.15, 0.2) is 18.2 Å². The maximum atomic E-state index is 10.5. The quantitative estimate of drug-likeness (QED) is 0.868. The first-order valence-electron chi connectivity index (χ1n) is 8.85. The molecule has 1 aliphatic rings. The number of benzene rings is 1. The third-order valence-electron chi connectivity index (χ3n) is 5.09. The highest BCUT2D eigenvalue weighted by Crippen LogP contribution is 2.38. The van der Waals surface area contributed by atoms with Gasteiger partial charge in [-0.1, -0.05) is 17.7 Å². The Labute approximate surface area is 146 Å². The zero-order chi connectivity index (χ0) is 18.1. The van der Waals surface area contributed by atoms with Gasteiger partial charge in [-0.3, -0.25) is 4.90 Å². The molecule has 0 bridgehead atoms. The Morgan fingerprint density at radius 3 is 2.29 bits per heavy atom. The Morgan fingerprint density at radius 1 is 1.17 bits per heavy atom. The van der Waals surface area contributed by atoms with E-state index in [1.54, 1.807) is 0 Å². The van der Waals surface area contributed by atoms with E-state index in [1.165, 1.54) is 5.56 Å². The van der Waals surface area contributed by atoms with Gasteiger partial charge in [-0.2, -0.15) is 0 Å². The number of hydrogen-bond acceptors (Lipinski definition) is 4. The van der Waals surface area contributed by atoms with Crippen LogP contribution < -0.4 is 4.74 Å². The van der Waals surface area contributed by atoms with Crippen LogP contribution in [0.3, 0.4) is 0 Å². The van der Waals surface area contributed by atoms with Crippen LogP contribution in [0.5, 0.6) is 5.75 Å². The summed E-state index contributed by atoms with van der Waals surface area (Å²) in [5.41, 5.74) is 1.99. The van der Waals surface area contributed by atoms with Gasteiger partial charge < -0.3 is 14.9 Å². The molecule has 2 N–H and O–H groups in total. The van der Waals surface area contributed by atoms with E-state index >= 15 is 0 Å². The molecular weight excluding hydrogens is 302 g/mol. The van der Waals surface area contributed by atoms with Gasteiger partial charge in [0.1, 0.15) is 18.5 Å². The van der Waals surface area contributed by atoms with Crippen LogP contribution in [0.2, 0.25) is 0 Å². The minimum Gasteiger partial charge on any atom is -0.491 e. The standard InChI is InChI=1S/C20H33NO3/c1-14-7-8-18(15(2)9-14)24-13-17(23)12-21-19(3,4)10-16(22)11-20(21,5)6/h7-9,16-17,22-23H,10-13H2,1-6H3. The van der Waals surface area contributed by atoms with Gasteiger partial charge in [-0.25, -0.2) is 0 Å². The van der Waals surface area contributed by atoms with Crippen LogP contribution in [-0.4, -0.2) is 51.6 Å². The number of rotatable bonds is 5. The van der Waals surface area contributed by atoms with Crippen molar-refractivity contribution in [3.63, 3.8) is 0 Å². The Balaban J connectivity index is 1.99. The maximum absolute atomic E-state index is 10.5. The number of piperidine rings is 1. The molecule has 1 saturated heterocycles. The number of ether oxygens (including phenoxy) is 1. The third-order valence-corrected chi connectivity index (χ3v) is 5.09. The molecule has 24 heavy (non-hydrogen) atoms. The van der Waals surface area contributed by atoms with Crippen LogP contribution in [0.25, 0.3) is 0 Å². The molecule has 136 valence electrons. The molecule has 0 aromatic heterocycles. The average Bonchev–Trinajstić information content (AvgIpc) is 2.40. The molecule has 0 radical (unpaired) electrons. The first kappa shape index (κ1) is 19.2. The van der Waals surface area contributed by atoms with Crippen molar-refractivity contribution in [3.8, 4) is 5.75 Å². The summed E-state index contributed by atoms with van der Waals surface area (Å²) in [6.45, 7) is 13.4. The Hall–Kier alpha value is -1.10. The van der Waals surface area contributed by atoms with Crippen molar-refractivity contribution in [2.45, 2.75) is 77.7 Å². The molecule has 1 aliphatic heterocycles. The highest BCUT2D eigenvalue weighted by molar-refractivity contribution is 5.35. The zero-order valence-electron chi connectivity index (χ0n) is 16.0. The van der Waals surface area contributed by atoms with E-state index in [2.05, 4.69) is 45.6 Å². The number of aliphatic hydroxyl groups excluding tert-OH is 2. The molecule has 4 heteroatoms. The van der Waals surface area contributed by atoms with Gasteiger partial charge >= 0.3 is 0 Å². The van der Waals surface area contributed by atoms with E-state index in [0.717, 1.165) is 24.2 Å². The Kier molecular flexibility index (Phi) is 5.63. The lowest BCUT2D eigenvalue weighted by atomic mass is 9.78. The Bertz CT molecular complexity index is 550. The number of hydrogen-bond donors (Lipinski definition) is 2. The fourth-order valence-corrected chi connectivity index (χ4v) is 4.17. The van der Waals surface area contributed by atoms with Crippen molar-refractivity contribution in [1.29, 1.82) is 0 Å². The monoisotopic (exact) mass is 335 g/mol. The summed E-state index contributed by atoms with van der Waals surface area (Å²) in [6, 6.07) is 6.06. The summed E-state index contributed by atoms with van der Waals surface area (Å²) >= 11 is 0. The van der Waals surface area contributed by atoms with E-state index in [4.69, 9.17) is 4.74 Å². The predicted octanol–water partition coefficient (Wildman–Crippen LogP) is 3.06. The van der Waals surface area contributed by atoms with E-state index in [9.17, 15) is 10.2 Å². The lowest BCUT2D eigenvalue weighted by molar-refractivity contribution is -0.1000. The zero-order valence-corrected chi connectivity index (χ0v) is 16.0. The molecular formula is C20H33NO3. The first-order chi connectivity index (χ1) is 11.0. The number of β-amino-alcohol motifs (C(OH)–C–C–N with tert-alkyl or cyclic N) is 1. The molecule has 1 aromatic carbocycles. The minimum absolute atomic E-state index is 0.151. The van der Waals surface area contributed by atoms with Gasteiger partial charge in [-0.05, 0) is 66.0 Å². The molecule has 4 nitrogen and oxygen atoms in total. The van der Waals surface area contributed by atoms with E-state index in [0.29, 0.717) is 6.54 Å². The van der Waals surface area contributed by atoms with Gasteiger partial charge in [0.25, 0.3) is 0 Å². The van der Waals surface area contributed by atoms with E-state index in [-0.39, 0.29) is 23.8 Å². The van der Waals surface area contributed by atoms with Gasteiger partial charge in [0.15, 0.2) is 0 Å². The molecule has 1 atom stereocenters. The van der Waals surface area contributed by atoms with Crippen molar-refractivity contribution >= 4 is 0 Å². The van der Waals surface area contributed by atoms with Gasteiger partial charge in [0, 0.05) is 17.6 Å². The molecule has 0 spiro atoms. The summed E-state index contributed by atoms with van der Waals surface area (Å²) in [5, 5.41) is 20.6. The van der Waals surface area contributed by atoms with Crippen LogP contribution in [-0.2, 0) is 0 Å². The van der Waals surface area contributed by atoms with E-state index in [1.807, 2.05) is 19.1 Å². The predicted molar refractivity (Wildman–Crippen MR) is 97.5 cm³/mol. The molecule has 2 rings (SSSR count).